The second-order valence-corrected chi connectivity index (χ2v) is 6.64. The molecule has 21 heavy (non-hydrogen) atoms. The minimum absolute atomic E-state index is 0.144. The number of rotatable bonds is 4. The molecule has 0 bridgehead atoms. The third-order valence-electron chi connectivity index (χ3n) is 4.47. The fourth-order valence-corrected chi connectivity index (χ4v) is 3.28. The van der Waals surface area contributed by atoms with Crippen LogP contribution in [0.2, 0.25) is 5.02 Å². The zero-order valence-corrected chi connectivity index (χ0v) is 13.8. The molecule has 1 aromatic rings. The van der Waals surface area contributed by atoms with E-state index in [2.05, 4.69) is 12.2 Å². The fourth-order valence-electron chi connectivity index (χ4n) is 2.90. The molecule has 2 rings (SSSR count). The summed E-state index contributed by atoms with van der Waals surface area (Å²) in [5.41, 5.74) is 5.97. The lowest BCUT2D eigenvalue weighted by Gasteiger charge is -2.40. The van der Waals surface area contributed by atoms with Gasteiger partial charge in [0.2, 0.25) is 0 Å². The molecule has 1 fully saturated rings. The normalized spacial score (nSPS) is 25.3. The molecule has 1 aliphatic carbocycles. The predicted molar refractivity (Wildman–Crippen MR) is 90.7 cm³/mol. The molecule has 1 saturated carbocycles. The molecule has 1 aromatic carbocycles. The van der Waals surface area contributed by atoms with Crippen molar-refractivity contribution in [3.8, 4) is 0 Å². The smallest absolute Gasteiger partial charge is 0.252 e. The maximum atomic E-state index is 12.4. The average Bonchev–Trinajstić information content (AvgIpc) is 2.48. The van der Waals surface area contributed by atoms with E-state index in [1.807, 2.05) is 0 Å². The third-order valence-corrected chi connectivity index (χ3v) is 5.11. The van der Waals surface area contributed by atoms with E-state index in [1.54, 1.807) is 24.3 Å². The number of carbonyl (C=O) groups excluding carboxylic acids is 1. The molecule has 0 aromatic heterocycles. The lowest BCUT2D eigenvalue weighted by atomic mass is 9.75. The summed E-state index contributed by atoms with van der Waals surface area (Å²) in [5, 5.41) is 3.67. The number of hydrogen-bond acceptors (Lipinski definition) is 2. The van der Waals surface area contributed by atoms with Gasteiger partial charge < -0.3 is 11.1 Å². The SMILES string of the molecule is CCC1CCC(NC(=O)c2ccc(Cl)cc2)(C(N)=S)CC1. The van der Waals surface area contributed by atoms with Gasteiger partial charge in [0.05, 0.1) is 10.5 Å². The summed E-state index contributed by atoms with van der Waals surface area (Å²) in [6.45, 7) is 2.20. The standard InChI is InChI=1S/C16H21ClN2OS/c1-2-11-7-9-16(10-8-11,15(18)21)19-14(20)12-3-5-13(17)6-4-12/h3-6,11H,2,7-10H2,1H3,(H2,18,21)(H,19,20). The largest absolute Gasteiger partial charge is 0.391 e. The highest BCUT2D eigenvalue weighted by Gasteiger charge is 2.38. The van der Waals surface area contributed by atoms with Crippen molar-refractivity contribution in [1.29, 1.82) is 0 Å². The molecular weight excluding hydrogens is 304 g/mol. The Morgan fingerprint density at radius 3 is 2.43 bits per heavy atom. The highest BCUT2D eigenvalue weighted by molar-refractivity contribution is 7.80. The average molecular weight is 325 g/mol. The Kier molecular flexibility index (Phi) is 5.22. The Morgan fingerprint density at radius 2 is 1.95 bits per heavy atom. The van der Waals surface area contributed by atoms with Gasteiger partial charge in [-0.1, -0.05) is 37.2 Å². The van der Waals surface area contributed by atoms with Crippen molar-refractivity contribution >= 4 is 34.7 Å². The summed E-state index contributed by atoms with van der Waals surface area (Å²) in [4.78, 5) is 12.8. The van der Waals surface area contributed by atoms with Crippen molar-refractivity contribution in [2.24, 2.45) is 11.7 Å². The Bertz CT molecular complexity index is 522. The number of carbonyl (C=O) groups is 1. The van der Waals surface area contributed by atoms with E-state index in [9.17, 15) is 4.79 Å². The van der Waals surface area contributed by atoms with Crippen molar-refractivity contribution in [2.45, 2.75) is 44.6 Å². The number of amides is 1. The summed E-state index contributed by atoms with van der Waals surface area (Å²) < 4.78 is 0. The molecule has 0 heterocycles. The molecule has 0 unspecified atom stereocenters. The molecule has 3 N–H and O–H groups in total. The summed E-state index contributed by atoms with van der Waals surface area (Å²) in [6.07, 6.45) is 4.91. The van der Waals surface area contributed by atoms with E-state index < -0.39 is 5.54 Å². The molecule has 0 atom stereocenters. The predicted octanol–water partition coefficient (Wildman–Crippen LogP) is 3.69. The number of thiocarbonyl (C=S) groups is 1. The maximum absolute atomic E-state index is 12.4. The van der Waals surface area contributed by atoms with E-state index in [0.29, 0.717) is 21.5 Å². The van der Waals surface area contributed by atoms with Gasteiger partial charge in [-0.15, -0.1) is 0 Å². The van der Waals surface area contributed by atoms with Crippen LogP contribution in [0.5, 0.6) is 0 Å². The van der Waals surface area contributed by atoms with Gasteiger partial charge in [0.1, 0.15) is 0 Å². The number of benzene rings is 1. The van der Waals surface area contributed by atoms with Crippen LogP contribution >= 0.6 is 23.8 Å². The molecule has 0 radical (unpaired) electrons. The molecule has 0 aliphatic heterocycles. The van der Waals surface area contributed by atoms with Crippen LogP contribution in [-0.2, 0) is 0 Å². The summed E-state index contributed by atoms with van der Waals surface area (Å²) in [5.74, 6) is 0.564. The van der Waals surface area contributed by atoms with Crippen molar-refractivity contribution in [1.82, 2.24) is 5.32 Å². The van der Waals surface area contributed by atoms with E-state index in [4.69, 9.17) is 29.6 Å². The Hall–Kier alpha value is -1.13. The molecule has 3 nitrogen and oxygen atoms in total. The highest BCUT2D eigenvalue weighted by Crippen LogP contribution is 2.34. The highest BCUT2D eigenvalue weighted by atomic mass is 35.5. The second kappa shape index (κ2) is 6.75. The van der Waals surface area contributed by atoms with Crippen molar-refractivity contribution < 1.29 is 4.79 Å². The quantitative estimate of drug-likeness (QED) is 0.830. The molecular formula is C16H21ClN2OS. The first kappa shape index (κ1) is 16.2. The molecule has 0 saturated heterocycles. The van der Waals surface area contributed by atoms with Crippen molar-refractivity contribution in [2.75, 3.05) is 0 Å². The van der Waals surface area contributed by atoms with Crippen LogP contribution in [0.4, 0.5) is 0 Å². The van der Waals surface area contributed by atoms with Gasteiger partial charge in [0, 0.05) is 10.6 Å². The number of nitrogens with two attached hydrogens (primary N) is 1. The number of halogens is 1. The molecule has 1 aliphatic rings. The molecule has 5 heteroatoms. The summed E-state index contributed by atoms with van der Waals surface area (Å²) >= 11 is 11.1. The van der Waals surface area contributed by atoms with Gasteiger partial charge in [-0.2, -0.15) is 0 Å². The van der Waals surface area contributed by atoms with Crippen LogP contribution in [0.1, 0.15) is 49.4 Å². The van der Waals surface area contributed by atoms with E-state index >= 15 is 0 Å². The van der Waals surface area contributed by atoms with E-state index in [-0.39, 0.29) is 5.91 Å². The summed E-state index contributed by atoms with van der Waals surface area (Å²) in [6, 6.07) is 6.83. The van der Waals surface area contributed by atoms with Gasteiger partial charge in [-0.05, 0) is 55.9 Å². The van der Waals surface area contributed by atoms with Crippen LogP contribution in [0.15, 0.2) is 24.3 Å². The van der Waals surface area contributed by atoms with Gasteiger partial charge in [-0.3, -0.25) is 4.79 Å². The summed E-state index contributed by atoms with van der Waals surface area (Å²) in [7, 11) is 0. The Morgan fingerprint density at radius 1 is 1.38 bits per heavy atom. The van der Waals surface area contributed by atoms with Gasteiger partial charge in [-0.25, -0.2) is 0 Å². The fraction of sp³-hybridized carbons (Fsp3) is 0.500. The number of nitrogens with one attached hydrogen (secondary N) is 1. The topological polar surface area (TPSA) is 55.1 Å². The first-order valence-electron chi connectivity index (χ1n) is 7.35. The first-order chi connectivity index (χ1) is 9.97. The second-order valence-electron chi connectivity index (χ2n) is 5.76. The Balaban J connectivity index is 2.12. The van der Waals surface area contributed by atoms with E-state index in [1.165, 1.54) is 6.42 Å². The first-order valence-corrected chi connectivity index (χ1v) is 8.13. The molecule has 1 amide bonds. The minimum Gasteiger partial charge on any atom is -0.391 e. The van der Waals surface area contributed by atoms with Crippen LogP contribution in [-0.4, -0.2) is 16.4 Å². The maximum Gasteiger partial charge on any atom is 0.252 e. The van der Waals surface area contributed by atoms with Crippen molar-refractivity contribution in [3.05, 3.63) is 34.9 Å². The third kappa shape index (κ3) is 3.74. The van der Waals surface area contributed by atoms with Crippen molar-refractivity contribution in [3.63, 3.8) is 0 Å². The molecule has 0 spiro atoms. The van der Waals surface area contributed by atoms with E-state index in [0.717, 1.165) is 25.7 Å². The van der Waals surface area contributed by atoms with Crippen LogP contribution in [0, 0.1) is 5.92 Å². The lowest BCUT2D eigenvalue weighted by molar-refractivity contribution is 0.0898. The van der Waals surface area contributed by atoms with Crippen LogP contribution in [0.3, 0.4) is 0 Å². The zero-order valence-electron chi connectivity index (χ0n) is 12.2. The Labute approximate surface area is 136 Å². The van der Waals surface area contributed by atoms with Gasteiger partial charge >= 0.3 is 0 Å². The molecule has 114 valence electrons. The van der Waals surface area contributed by atoms with Crippen LogP contribution < -0.4 is 11.1 Å². The number of hydrogen-bond donors (Lipinski definition) is 2. The minimum atomic E-state index is -0.544. The van der Waals surface area contributed by atoms with Crippen LogP contribution in [0.25, 0.3) is 0 Å². The van der Waals surface area contributed by atoms with Gasteiger partial charge in [0.15, 0.2) is 0 Å². The monoisotopic (exact) mass is 324 g/mol. The zero-order chi connectivity index (χ0) is 15.5. The van der Waals surface area contributed by atoms with Gasteiger partial charge in [0.25, 0.3) is 5.91 Å². The lowest BCUT2D eigenvalue weighted by Crippen LogP contribution is -2.58.